The molecule has 3 rings (SSSR count). The summed E-state index contributed by atoms with van der Waals surface area (Å²) >= 11 is 0. The van der Waals surface area contributed by atoms with Gasteiger partial charge in [-0.1, -0.05) is 13.8 Å². The van der Waals surface area contributed by atoms with Crippen molar-refractivity contribution in [3.05, 3.63) is 79.7 Å². The highest BCUT2D eigenvalue weighted by molar-refractivity contribution is 5.92. The van der Waals surface area contributed by atoms with Crippen LogP contribution in [0.2, 0.25) is 0 Å². The minimum Gasteiger partial charge on any atom is -0.423 e. The molecule has 7 nitrogen and oxygen atoms in total. The van der Waals surface area contributed by atoms with Gasteiger partial charge in [-0.05, 0) is 42.7 Å². The minimum atomic E-state index is -0.658. The zero-order valence-corrected chi connectivity index (χ0v) is 15.0. The van der Waals surface area contributed by atoms with E-state index in [1.165, 1.54) is 30.3 Å². The first-order chi connectivity index (χ1) is 12.8. The predicted molar refractivity (Wildman–Crippen MR) is 99.4 cm³/mol. The van der Waals surface area contributed by atoms with Crippen LogP contribution < -0.4 is 10.4 Å². The normalized spacial score (nSPS) is 11.0. The van der Waals surface area contributed by atoms with Gasteiger partial charge in [0.15, 0.2) is 0 Å². The summed E-state index contributed by atoms with van der Waals surface area (Å²) in [5.74, 6) is -0.310. The lowest BCUT2D eigenvalue weighted by Crippen LogP contribution is -2.09. The molecule has 1 heterocycles. The van der Waals surface area contributed by atoms with E-state index in [0.29, 0.717) is 11.1 Å². The molecule has 0 unspecified atom stereocenters. The fourth-order valence-corrected chi connectivity index (χ4v) is 2.86. The highest BCUT2D eigenvalue weighted by Gasteiger charge is 2.16. The quantitative estimate of drug-likeness (QED) is 0.223. The molecular weight excluding hydrogens is 350 g/mol. The van der Waals surface area contributed by atoms with Crippen LogP contribution in [0.15, 0.2) is 51.7 Å². The second kappa shape index (κ2) is 7.03. The first kappa shape index (κ1) is 18.3. The third-order valence-electron chi connectivity index (χ3n) is 4.21. The van der Waals surface area contributed by atoms with Crippen LogP contribution in [0.25, 0.3) is 11.0 Å². The number of nitrogens with zero attached hydrogens (tertiary/aromatic N) is 1. The molecule has 1 aromatic heterocycles. The molecule has 0 amide bonds. The molecule has 0 radical (unpaired) electrons. The zero-order valence-electron chi connectivity index (χ0n) is 15.0. The number of carbonyl (C=O) groups is 1. The second-order valence-electron chi connectivity index (χ2n) is 6.48. The summed E-state index contributed by atoms with van der Waals surface area (Å²) in [5.41, 5.74) is 1.19. The summed E-state index contributed by atoms with van der Waals surface area (Å²) < 4.78 is 10.6. The van der Waals surface area contributed by atoms with Gasteiger partial charge < -0.3 is 9.15 Å². The second-order valence-corrected chi connectivity index (χ2v) is 6.48. The first-order valence-electron chi connectivity index (χ1n) is 8.31. The van der Waals surface area contributed by atoms with Crippen LogP contribution in [0.3, 0.4) is 0 Å². The van der Waals surface area contributed by atoms with Gasteiger partial charge in [0.1, 0.15) is 11.3 Å². The highest BCUT2D eigenvalue weighted by Crippen LogP contribution is 2.27. The molecule has 0 spiro atoms. The Bertz CT molecular complexity index is 1110. The lowest BCUT2D eigenvalue weighted by molar-refractivity contribution is -0.385. The van der Waals surface area contributed by atoms with Crippen LogP contribution in [0.4, 0.5) is 5.69 Å². The average Bonchev–Trinajstić information content (AvgIpc) is 2.60. The van der Waals surface area contributed by atoms with E-state index in [4.69, 9.17) is 9.15 Å². The van der Waals surface area contributed by atoms with Crippen LogP contribution >= 0.6 is 0 Å². The predicted octanol–water partition coefficient (Wildman–Crippen LogP) is 4.35. The molecule has 2 aromatic carbocycles. The van der Waals surface area contributed by atoms with Gasteiger partial charge in [-0.15, -0.1) is 0 Å². The molecule has 0 aliphatic carbocycles. The van der Waals surface area contributed by atoms with Crippen molar-refractivity contribution in [1.29, 1.82) is 0 Å². The van der Waals surface area contributed by atoms with Crippen molar-refractivity contribution < 1.29 is 18.9 Å². The molecule has 0 saturated heterocycles. The van der Waals surface area contributed by atoms with Crippen molar-refractivity contribution in [3.8, 4) is 5.75 Å². The maximum Gasteiger partial charge on any atom is 0.343 e. The summed E-state index contributed by atoms with van der Waals surface area (Å²) in [4.78, 5) is 34.5. The Balaban J connectivity index is 1.92. The topological polar surface area (TPSA) is 99.7 Å². The Hall–Kier alpha value is -3.48. The monoisotopic (exact) mass is 367 g/mol. The van der Waals surface area contributed by atoms with E-state index in [0.717, 1.165) is 10.9 Å². The van der Waals surface area contributed by atoms with Crippen LogP contribution in [-0.2, 0) is 0 Å². The van der Waals surface area contributed by atoms with E-state index in [9.17, 15) is 19.7 Å². The Morgan fingerprint density at radius 1 is 1.15 bits per heavy atom. The van der Waals surface area contributed by atoms with E-state index in [2.05, 4.69) is 0 Å². The van der Waals surface area contributed by atoms with Crippen molar-refractivity contribution in [2.75, 3.05) is 0 Å². The van der Waals surface area contributed by atoms with Crippen LogP contribution in [0, 0.1) is 17.0 Å². The van der Waals surface area contributed by atoms with Gasteiger partial charge in [0.2, 0.25) is 0 Å². The van der Waals surface area contributed by atoms with Gasteiger partial charge in [-0.3, -0.25) is 10.1 Å². The molecule has 3 aromatic rings. The highest BCUT2D eigenvalue weighted by atomic mass is 16.6. The SMILES string of the molecule is Cc1cc(C(=O)Oc2ccc3c(C(C)C)cc(=O)oc3c2)ccc1[N+](=O)[O-]. The van der Waals surface area contributed by atoms with Gasteiger partial charge >= 0.3 is 11.6 Å². The number of benzene rings is 2. The third-order valence-corrected chi connectivity index (χ3v) is 4.21. The Kier molecular flexibility index (Phi) is 4.77. The molecular formula is C20H17NO6. The molecule has 0 fully saturated rings. The molecule has 0 N–H and O–H groups in total. The molecule has 0 aliphatic rings. The molecule has 138 valence electrons. The van der Waals surface area contributed by atoms with Gasteiger partial charge in [0, 0.05) is 29.1 Å². The van der Waals surface area contributed by atoms with Gasteiger partial charge in [0.05, 0.1) is 10.5 Å². The smallest absolute Gasteiger partial charge is 0.343 e. The van der Waals surface area contributed by atoms with E-state index >= 15 is 0 Å². The maximum absolute atomic E-state index is 12.3. The van der Waals surface area contributed by atoms with Gasteiger partial charge in [-0.2, -0.15) is 0 Å². The molecule has 7 heteroatoms. The number of nitro groups is 1. The molecule has 0 atom stereocenters. The van der Waals surface area contributed by atoms with Crippen molar-refractivity contribution in [2.45, 2.75) is 26.7 Å². The van der Waals surface area contributed by atoms with Gasteiger partial charge in [-0.25, -0.2) is 9.59 Å². The van der Waals surface area contributed by atoms with E-state index in [-0.39, 0.29) is 22.9 Å². The largest absolute Gasteiger partial charge is 0.423 e. The summed E-state index contributed by atoms with van der Waals surface area (Å²) in [6, 6.07) is 10.3. The Morgan fingerprint density at radius 2 is 1.89 bits per heavy atom. The van der Waals surface area contributed by atoms with Crippen LogP contribution in [-0.4, -0.2) is 10.9 Å². The molecule has 27 heavy (non-hydrogen) atoms. The standard InChI is InChI=1S/C20H17NO6/c1-11(2)16-10-19(22)27-18-9-14(5-6-15(16)18)26-20(23)13-4-7-17(21(24)25)12(3)8-13/h4-11H,1-3H3. The molecule has 0 aliphatic heterocycles. The van der Waals surface area contributed by atoms with Crippen LogP contribution in [0.5, 0.6) is 5.75 Å². The lowest BCUT2D eigenvalue weighted by atomic mass is 10.00. The summed E-state index contributed by atoms with van der Waals surface area (Å²) in [7, 11) is 0. The number of hydrogen-bond acceptors (Lipinski definition) is 6. The molecule has 0 saturated carbocycles. The van der Waals surface area contributed by atoms with Crippen molar-refractivity contribution >= 4 is 22.6 Å². The summed E-state index contributed by atoms with van der Waals surface area (Å²) in [6.07, 6.45) is 0. The van der Waals surface area contributed by atoms with Crippen molar-refractivity contribution in [1.82, 2.24) is 0 Å². The number of carbonyl (C=O) groups excluding carboxylic acids is 1. The van der Waals surface area contributed by atoms with Gasteiger partial charge in [0.25, 0.3) is 5.69 Å². The Morgan fingerprint density at radius 3 is 2.52 bits per heavy atom. The number of aryl methyl sites for hydroxylation is 1. The number of rotatable bonds is 4. The summed E-state index contributed by atoms with van der Waals surface area (Å²) in [5, 5.41) is 11.6. The number of fused-ring (bicyclic) bond motifs is 1. The average molecular weight is 367 g/mol. The van der Waals surface area contributed by atoms with E-state index in [1.807, 2.05) is 13.8 Å². The number of nitro benzene ring substituents is 1. The first-order valence-corrected chi connectivity index (χ1v) is 8.31. The summed E-state index contributed by atoms with van der Waals surface area (Å²) in [6.45, 7) is 5.49. The van der Waals surface area contributed by atoms with Crippen molar-refractivity contribution in [2.24, 2.45) is 0 Å². The maximum atomic E-state index is 12.3. The minimum absolute atomic E-state index is 0.0692. The van der Waals surface area contributed by atoms with Crippen LogP contribution in [0.1, 0.15) is 41.3 Å². The lowest BCUT2D eigenvalue weighted by Gasteiger charge is -2.10. The number of hydrogen-bond donors (Lipinski definition) is 0. The fourth-order valence-electron chi connectivity index (χ4n) is 2.86. The third kappa shape index (κ3) is 3.72. The zero-order chi connectivity index (χ0) is 19.7. The fraction of sp³-hybridized carbons (Fsp3) is 0.200. The number of ether oxygens (including phenoxy) is 1. The van der Waals surface area contributed by atoms with E-state index < -0.39 is 16.5 Å². The van der Waals surface area contributed by atoms with Crippen molar-refractivity contribution in [3.63, 3.8) is 0 Å². The Labute approximate surface area is 154 Å². The van der Waals surface area contributed by atoms with E-state index in [1.54, 1.807) is 19.1 Å². The molecule has 0 bridgehead atoms. The number of esters is 1.